The summed E-state index contributed by atoms with van der Waals surface area (Å²) in [6.07, 6.45) is 5.29. The predicted octanol–water partition coefficient (Wildman–Crippen LogP) is 1.63. The number of likely N-dealkylation sites (tertiary alicyclic amines) is 1. The van der Waals surface area contributed by atoms with Gasteiger partial charge in [-0.3, -0.25) is 19.2 Å². The number of ketones is 1. The number of piperidine rings is 1. The van der Waals surface area contributed by atoms with Gasteiger partial charge >= 0.3 is 12.0 Å². The van der Waals surface area contributed by atoms with Crippen LogP contribution in [0.25, 0.3) is 0 Å². The highest BCUT2D eigenvalue weighted by atomic mass is 16.5. The summed E-state index contributed by atoms with van der Waals surface area (Å²) in [6, 6.07) is -3.53. The fraction of sp³-hybridized carbons (Fsp3) is 0.742. The minimum atomic E-state index is -1.17. The first kappa shape index (κ1) is 32.5. The molecule has 4 aliphatic rings. The highest BCUT2D eigenvalue weighted by molar-refractivity contribution is 6.42. The van der Waals surface area contributed by atoms with Crippen molar-refractivity contribution in [3.8, 4) is 0 Å². The van der Waals surface area contributed by atoms with Crippen LogP contribution in [-0.4, -0.2) is 71.7 Å². The topological polar surface area (TPSA) is 177 Å². The Morgan fingerprint density at radius 2 is 1.65 bits per heavy atom. The first-order chi connectivity index (χ1) is 19.9. The molecule has 1 heterocycles. The standard InChI is InChI=1S/C31H47N5O7/c1-15(2)21(28(41)43-14-17-10-11-17)34-29(42)35-24(30(3,4)5)27(40)36-13-18-20(31(18,6)7)22(36)26(39)33-19(12-16-8-9-16)23(37)25(32)38/h12,15-18,20-22,24H,8-11,13-14H2,1-7H3,(H2,32,38)(H,33,39)(H2,34,35,42)/b19-12+/t18-,20-,21-,22-,24+/m0/s1. The summed E-state index contributed by atoms with van der Waals surface area (Å²) in [6.45, 7) is 13.7. The van der Waals surface area contributed by atoms with E-state index < -0.39 is 59.0 Å². The molecule has 4 rings (SSSR count). The van der Waals surface area contributed by atoms with E-state index in [1.54, 1.807) is 40.7 Å². The van der Waals surface area contributed by atoms with Crippen molar-refractivity contribution in [3.63, 3.8) is 0 Å². The van der Waals surface area contributed by atoms with Crippen LogP contribution in [0.2, 0.25) is 0 Å². The van der Waals surface area contributed by atoms with Gasteiger partial charge in [0, 0.05) is 6.54 Å². The Balaban J connectivity index is 1.50. The molecule has 1 aliphatic heterocycles. The van der Waals surface area contributed by atoms with Gasteiger partial charge in [-0.15, -0.1) is 0 Å². The molecule has 3 saturated carbocycles. The molecule has 5 amide bonds. The first-order valence-electron chi connectivity index (χ1n) is 15.3. The molecule has 0 radical (unpaired) electrons. The molecule has 5 atom stereocenters. The van der Waals surface area contributed by atoms with Crippen molar-refractivity contribution in [1.82, 2.24) is 20.9 Å². The van der Waals surface area contributed by atoms with Gasteiger partial charge in [0.2, 0.25) is 11.8 Å². The number of urea groups is 1. The number of primary amides is 1. The molecule has 0 aromatic carbocycles. The van der Waals surface area contributed by atoms with Gasteiger partial charge in [-0.2, -0.15) is 0 Å². The largest absolute Gasteiger partial charge is 0.464 e. The van der Waals surface area contributed by atoms with E-state index in [1.165, 1.54) is 4.90 Å². The second-order valence-electron chi connectivity index (χ2n) is 14.7. The zero-order chi connectivity index (χ0) is 32.0. The second kappa shape index (κ2) is 11.9. The average Bonchev–Trinajstić information content (AvgIpc) is 3.85. The monoisotopic (exact) mass is 601 g/mol. The molecule has 5 N–H and O–H groups in total. The first-order valence-corrected chi connectivity index (χ1v) is 15.3. The third kappa shape index (κ3) is 7.38. The minimum Gasteiger partial charge on any atom is -0.464 e. The zero-order valence-corrected chi connectivity index (χ0v) is 26.3. The van der Waals surface area contributed by atoms with E-state index in [0.717, 1.165) is 25.7 Å². The molecular weight excluding hydrogens is 554 g/mol. The normalized spacial score (nSPS) is 25.7. The maximum atomic E-state index is 14.1. The van der Waals surface area contributed by atoms with Gasteiger partial charge in [-0.25, -0.2) is 9.59 Å². The van der Waals surface area contributed by atoms with Crippen molar-refractivity contribution < 1.29 is 33.5 Å². The summed E-state index contributed by atoms with van der Waals surface area (Å²) in [5.41, 5.74) is 4.11. The SMILES string of the molecule is CC(C)[C@H](NC(=O)N[C@H](C(=O)N1C[C@H]2[C@@H]([C@H]1C(=O)N/C(=C/C1CC1)C(=O)C(N)=O)C2(C)C)C(C)(C)C)C(=O)OCC1CC1. The summed E-state index contributed by atoms with van der Waals surface area (Å²) in [7, 11) is 0. The number of esters is 1. The lowest BCUT2D eigenvalue weighted by Gasteiger charge is -2.37. The Kier molecular flexibility index (Phi) is 9.00. The maximum Gasteiger partial charge on any atom is 0.328 e. The number of ether oxygens (including phenoxy) is 1. The van der Waals surface area contributed by atoms with E-state index >= 15 is 0 Å². The molecule has 4 fully saturated rings. The van der Waals surface area contributed by atoms with Crippen LogP contribution in [0, 0.1) is 40.4 Å². The number of hydrogen-bond donors (Lipinski definition) is 4. The Labute approximate surface area is 253 Å². The lowest BCUT2D eigenvalue weighted by molar-refractivity contribution is -0.147. The van der Waals surface area contributed by atoms with E-state index in [1.807, 2.05) is 13.8 Å². The van der Waals surface area contributed by atoms with Crippen LogP contribution in [0.4, 0.5) is 4.79 Å². The van der Waals surface area contributed by atoms with Crippen molar-refractivity contribution >= 4 is 35.5 Å². The Hall–Kier alpha value is -3.44. The predicted molar refractivity (Wildman–Crippen MR) is 157 cm³/mol. The molecular formula is C31H47N5O7. The second-order valence-corrected chi connectivity index (χ2v) is 14.7. The zero-order valence-electron chi connectivity index (χ0n) is 26.3. The van der Waals surface area contributed by atoms with Crippen molar-refractivity contribution in [2.45, 2.75) is 92.3 Å². The number of carbonyl (C=O) groups excluding carboxylic acids is 6. The smallest absolute Gasteiger partial charge is 0.328 e. The van der Waals surface area contributed by atoms with Gasteiger partial charge in [0.25, 0.3) is 11.7 Å². The molecule has 0 aromatic rings. The maximum absolute atomic E-state index is 14.1. The van der Waals surface area contributed by atoms with Gasteiger partial charge in [0.15, 0.2) is 0 Å². The molecule has 12 heteroatoms. The van der Waals surface area contributed by atoms with Gasteiger partial charge in [-0.05, 0) is 66.1 Å². The molecule has 0 unspecified atom stereocenters. The van der Waals surface area contributed by atoms with E-state index in [4.69, 9.17) is 10.5 Å². The van der Waals surface area contributed by atoms with Crippen LogP contribution in [0.3, 0.4) is 0 Å². The van der Waals surface area contributed by atoms with Gasteiger partial charge in [0.1, 0.15) is 18.1 Å². The minimum absolute atomic E-state index is 0.0518. The third-order valence-electron chi connectivity index (χ3n) is 9.26. The summed E-state index contributed by atoms with van der Waals surface area (Å²) in [5.74, 6) is -3.58. The fourth-order valence-electron chi connectivity index (χ4n) is 6.03. The molecule has 43 heavy (non-hydrogen) atoms. The molecule has 0 aromatic heterocycles. The number of nitrogens with zero attached hydrogens (tertiary/aromatic N) is 1. The van der Waals surface area contributed by atoms with E-state index in [9.17, 15) is 28.8 Å². The molecule has 1 saturated heterocycles. The number of fused-ring (bicyclic) bond motifs is 1. The summed E-state index contributed by atoms with van der Waals surface area (Å²) < 4.78 is 5.40. The average molecular weight is 602 g/mol. The van der Waals surface area contributed by atoms with Gasteiger partial charge in [-0.1, -0.05) is 54.5 Å². The van der Waals surface area contributed by atoms with E-state index in [2.05, 4.69) is 16.0 Å². The molecule has 12 nitrogen and oxygen atoms in total. The fourth-order valence-corrected chi connectivity index (χ4v) is 6.03. The number of hydrogen-bond acceptors (Lipinski definition) is 7. The van der Waals surface area contributed by atoms with Crippen molar-refractivity contribution in [2.24, 2.45) is 46.2 Å². The third-order valence-corrected chi connectivity index (χ3v) is 9.26. The molecule has 3 aliphatic carbocycles. The van der Waals surface area contributed by atoms with Crippen LogP contribution in [0.5, 0.6) is 0 Å². The van der Waals surface area contributed by atoms with E-state index in [0.29, 0.717) is 19.1 Å². The number of amides is 5. The number of carbonyl (C=O) groups is 6. The number of Topliss-reactive ketones (excluding diaryl/α,β-unsaturated/α-hetero) is 1. The lowest BCUT2D eigenvalue weighted by Crippen LogP contribution is -2.61. The van der Waals surface area contributed by atoms with Crippen LogP contribution in [0.1, 0.15) is 74.1 Å². The Bertz CT molecular complexity index is 1210. The molecule has 0 bridgehead atoms. The Morgan fingerprint density at radius 1 is 1.02 bits per heavy atom. The van der Waals surface area contributed by atoms with E-state index in [-0.39, 0.29) is 34.8 Å². The van der Waals surface area contributed by atoms with Crippen molar-refractivity contribution in [1.29, 1.82) is 0 Å². The summed E-state index contributed by atoms with van der Waals surface area (Å²) >= 11 is 0. The molecule has 0 spiro atoms. The summed E-state index contributed by atoms with van der Waals surface area (Å²) in [4.78, 5) is 79.4. The van der Waals surface area contributed by atoms with Gasteiger partial charge in [0.05, 0.1) is 12.3 Å². The van der Waals surface area contributed by atoms with Crippen LogP contribution < -0.4 is 21.7 Å². The number of nitrogens with two attached hydrogens (primary N) is 1. The summed E-state index contributed by atoms with van der Waals surface area (Å²) in [5, 5.41) is 8.06. The lowest BCUT2D eigenvalue weighted by atomic mass is 9.85. The van der Waals surface area contributed by atoms with Crippen LogP contribution >= 0.6 is 0 Å². The van der Waals surface area contributed by atoms with Crippen LogP contribution in [-0.2, 0) is 28.7 Å². The van der Waals surface area contributed by atoms with Gasteiger partial charge < -0.3 is 31.3 Å². The quantitative estimate of drug-likeness (QED) is 0.149. The highest BCUT2D eigenvalue weighted by Crippen LogP contribution is 2.65. The number of rotatable bonds is 12. The Morgan fingerprint density at radius 3 is 2.16 bits per heavy atom. The van der Waals surface area contributed by atoms with Crippen molar-refractivity contribution in [3.05, 3.63) is 11.8 Å². The van der Waals surface area contributed by atoms with Crippen LogP contribution in [0.15, 0.2) is 11.8 Å². The molecule has 238 valence electrons. The number of nitrogens with one attached hydrogen (secondary N) is 3. The number of allylic oxidation sites excluding steroid dienone is 1. The van der Waals surface area contributed by atoms with Crippen molar-refractivity contribution in [2.75, 3.05) is 13.2 Å². The highest BCUT2D eigenvalue weighted by Gasteiger charge is 2.69.